The Morgan fingerprint density at radius 1 is 1.21 bits per heavy atom. The molecule has 0 fully saturated rings. The first kappa shape index (κ1) is 17.1. The van der Waals surface area contributed by atoms with E-state index in [0.717, 1.165) is 17.0 Å². The Balaban J connectivity index is 1.93. The Hall–Kier alpha value is -3.23. The number of nitro groups is 1. The van der Waals surface area contributed by atoms with Gasteiger partial charge in [0.05, 0.1) is 17.0 Å². The zero-order valence-corrected chi connectivity index (χ0v) is 13.5. The van der Waals surface area contributed by atoms with E-state index in [-0.39, 0.29) is 23.6 Å². The highest BCUT2D eigenvalue weighted by Gasteiger charge is 2.15. The van der Waals surface area contributed by atoms with Gasteiger partial charge in [-0.05, 0) is 26.0 Å². The Labute approximate surface area is 137 Å². The van der Waals surface area contributed by atoms with Crippen molar-refractivity contribution in [2.45, 2.75) is 20.3 Å². The van der Waals surface area contributed by atoms with Gasteiger partial charge in [0.2, 0.25) is 5.91 Å². The number of benzene rings is 1. The van der Waals surface area contributed by atoms with Gasteiger partial charge < -0.3 is 0 Å². The summed E-state index contributed by atoms with van der Waals surface area (Å²) >= 11 is 0. The highest BCUT2D eigenvalue weighted by molar-refractivity contribution is 5.95. The third-order valence-corrected chi connectivity index (χ3v) is 3.65. The topological polar surface area (TPSA) is 119 Å². The molecule has 0 aliphatic rings. The largest absolute Gasteiger partial charge is 0.273 e. The van der Waals surface area contributed by atoms with Crippen LogP contribution in [-0.4, -0.2) is 26.5 Å². The van der Waals surface area contributed by atoms with E-state index in [1.54, 1.807) is 11.7 Å². The summed E-state index contributed by atoms with van der Waals surface area (Å²) in [4.78, 5) is 33.9. The fraction of sp³-hybridized carbons (Fsp3) is 0.267. The molecule has 1 aromatic carbocycles. The molecule has 0 atom stereocenters. The predicted molar refractivity (Wildman–Crippen MR) is 85.1 cm³/mol. The fourth-order valence-corrected chi connectivity index (χ4v) is 2.21. The fourth-order valence-electron chi connectivity index (χ4n) is 2.21. The SMILES string of the molecule is Cc1nn(C)c(C)c1CC(=O)NNC(=O)c1ccc([N+](=O)[O-])cc1. The lowest BCUT2D eigenvalue weighted by molar-refractivity contribution is -0.384. The molecule has 0 bridgehead atoms. The van der Waals surface area contributed by atoms with E-state index in [0.29, 0.717) is 0 Å². The highest BCUT2D eigenvalue weighted by atomic mass is 16.6. The smallest absolute Gasteiger partial charge is 0.269 e. The molecular formula is C15H17N5O4. The Bertz CT molecular complexity index is 795. The number of nitrogens with one attached hydrogen (secondary N) is 2. The van der Waals surface area contributed by atoms with Crippen LogP contribution in [0, 0.1) is 24.0 Å². The summed E-state index contributed by atoms with van der Waals surface area (Å²) in [5, 5.41) is 14.8. The second-order valence-electron chi connectivity index (χ2n) is 5.26. The number of aryl methyl sites for hydroxylation is 2. The molecule has 1 aromatic heterocycles. The van der Waals surface area contributed by atoms with E-state index in [1.807, 2.05) is 13.8 Å². The first-order valence-corrected chi connectivity index (χ1v) is 7.12. The van der Waals surface area contributed by atoms with Crippen molar-refractivity contribution in [1.29, 1.82) is 0 Å². The molecule has 2 aromatic rings. The number of aromatic nitrogens is 2. The Kier molecular flexibility index (Phi) is 4.93. The van der Waals surface area contributed by atoms with Crippen LogP contribution in [0.5, 0.6) is 0 Å². The summed E-state index contributed by atoms with van der Waals surface area (Å²) in [6, 6.07) is 5.07. The molecule has 1 heterocycles. The van der Waals surface area contributed by atoms with Gasteiger partial charge in [-0.1, -0.05) is 0 Å². The molecule has 2 amide bonds. The first-order valence-electron chi connectivity index (χ1n) is 7.12. The number of hydrogen-bond acceptors (Lipinski definition) is 5. The van der Waals surface area contributed by atoms with Crippen molar-refractivity contribution in [1.82, 2.24) is 20.6 Å². The molecular weight excluding hydrogens is 314 g/mol. The molecule has 0 unspecified atom stereocenters. The normalized spacial score (nSPS) is 10.3. The van der Waals surface area contributed by atoms with Crippen LogP contribution in [0.2, 0.25) is 0 Å². The van der Waals surface area contributed by atoms with Gasteiger partial charge in [0.1, 0.15) is 0 Å². The quantitative estimate of drug-likeness (QED) is 0.638. The first-order chi connectivity index (χ1) is 11.3. The second kappa shape index (κ2) is 6.90. The molecule has 0 spiro atoms. The number of nitrogens with zero attached hydrogens (tertiary/aromatic N) is 3. The third-order valence-electron chi connectivity index (χ3n) is 3.65. The molecule has 0 saturated heterocycles. The third kappa shape index (κ3) is 3.75. The van der Waals surface area contributed by atoms with Crippen molar-refractivity contribution in [2.75, 3.05) is 0 Å². The second-order valence-corrected chi connectivity index (χ2v) is 5.26. The monoisotopic (exact) mass is 331 g/mol. The van der Waals surface area contributed by atoms with Gasteiger partial charge in [-0.3, -0.25) is 35.2 Å². The lowest BCUT2D eigenvalue weighted by atomic mass is 10.1. The number of non-ortho nitro benzene ring substituents is 1. The Morgan fingerprint density at radius 2 is 1.83 bits per heavy atom. The predicted octanol–water partition coefficient (Wildman–Crippen LogP) is 0.949. The average Bonchev–Trinajstić information content (AvgIpc) is 2.79. The van der Waals surface area contributed by atoms with E-state index >= 15 is 0 Å². The van der Waals surface area contributed by atoms with Gasteiger partial charge in [-0.15, -0.1) is 0 Å². The van der Waals surface area contributed by atoms with Gasteiger partial charge in [0, 0.05) is 36.0 Å². The summed E-state index contributed by atoms with van der Waals surface area (Å²) in [5.41, 5.74) is 7.13. The van der Waals surface area contributed by atoms with Crippen LogP contribution in [0.4, 0.5) is 5.69 Å². The summed E-state index contributed by atoms with van der Waals surface area (Å²) in [6.45, 7) is 3.67. The van der Waals surface area contributed by atoms with Gasteiger partial charge in [-0.25, -0.2) is 0 Å². The van der Waals surface area contributed by atoms with Crippen molar-refractivity contribution >= 4 is 17.5 Å². The van der Waals surface area contributed by atoms with Crippen molar-refractivity contribution in [3.63, 3.8) is 0 Å². The number of rotatable bonds is 4. The number of amides is 2. The van der Waals surface area contributed by atoms with E-state index in [9.17, 15) is 19.7 Å². The van der Waals surface area contributed by atoms with Crippen molar-refractivity contribution in [3.05, 3.63) is 56.9 Å². The van der Waals surface area contributed by atoms with Crippen LogP contribution >= 0.6 is 0 Å². The lowest BCUT2D eigenvalue weighted by Crippen LogP contribution is -2.42. The van der Waals surface area contributed by atoms with Gasteiger partial charge in [-0.2, -0.15) is 5.10 Å². The Morgan fingerprint density at radius 3 is 2.33 bits per heavy atom. The molecule has 0 aliphatic carbocycles. The molecule has 0 saturated carbocycles. The van der Waals surface area contributed by atoms with Crippen LogP contribution < -0.4 is 10.9 Å². The van der Waals surface area contributed by atoms with E-state index in [2.05, 4.69) is 16.0 Å². The number of hydrazine groups is 1. The van der Waals surface area contributed by atoms with E-state index in [1.165, 1.54) is 24.3 Å². The van der Waals surface area contributed by atoms with Crippen LogP contribution in [0.1, 0.15) is 27.3 Å². The number of hydrogen-bond donors (Lipinski definition) is 2. The van der Waals surface area contributed by atoms with Crippen molar-refractivity contribution in [2.24, 2.45) is 7.05 Å². The molecule has 24 heavy (non-hydrogen) atoms. The molecule has 126 valence electrons. The summed E-state index contributed by atoms with van der Waals surface area (Å²) in [7, 11) is 1.79. The van der Waals surface area contributed by atoms with Crippen molar-refractivity contribution < 1.29 is 14.5 Å². The molecule has 2 N–H and O–H groups in total. The minimum Gasteiger partial charge on any atom is -0.273 e. The molecule has 9 nitrogen and oxygen atoms in total. The van der Waals surface area contributed by atoms with Gasteiger partial charge in [0.15, 0.2) is 0 Å². The van der Waals surface area contributed by atoms with Crippen molar-refractivity contribution in [3.8, 4) is 0 Å². The minimum atomic E-state index is -0.558. The van der Waals surface area contributed by atoms with Crippen LogP contribution in [0.15, 0.2) is 24.3 Å². The maximum Gasteiger partial charge on any atom is 0.269 e. The van der Waals surface area contributed by atoms with Gasteiger partial charge >= 0.3 is 0 Å². The van der Waals surface area contributed by atoms with Crippen LogP contribution in [-0.2, 0) is 18.3 Å². The van der Waals surface area contributed by atoms with Crippen LogP contribution in [0.3, 0.4) is 0 Å². The molecule has 2 rings (SSSR count). The maximum absolute atomic E-state index is 12.0. The highest BCUT2D eigenvalue weighted by Crippen LogP contribution is 2.13. The molecule has 0 aliphatic heterocycles. The standard InChI is InChI=1S/C15H17N5O4/c1-9-13(10(2)19(3)18-9)8-14(21)16-17-15(22)11-4-6-12(7-5-11)20(23)24/h4-7H,8H2,1-3H3,(H,16,21)(H,17,22). The average molecular weight is 331 g/mol. The number of carbonyl (C=O) groups is 2. The van der Waals surface area contributed by atoms with Gasteiger partial charge in [0.25, 0.3) is 11.6 Å². The van der Waals surface area contributed by atoms with E-state index in [4.69, 9.17) is 0 Å². The van der Waals surface area contributed by atoms with E-state index < -0.39 is 10.8 Å². The zero-order chi connectivity index (χ0) is 17.9. The summed E-state index contributed by atoms with van der Waals surface area (Å²) in [6.07, 6.45) is 0.0893. The number of carbonyl (C=O) groups excluding carboxylic acids is 2. The molecule has 0 radical (unpaired) electrons. The maximum atomic E-state index is 12.0. The summed E-state index contributed by atoms with van der Waals surface area (Å²) in [5.74, 6) is -0.942. The molecule has 9 heteroatoms. The minimum absolute atomic E-state index is 0.0893. The van der Waals surface area contributed by atoms with Crippen LogP contribution in [0.25, 0.3) is 0 Å². The zero-order valence-electron chi connectivity index (χ0n) is 13.5. The lowest BCUT2D eigenvalue weighted by Gasteiger charge is -2.07. The number of nitro benzene ring substituents is 1. The summed E-state index contributed by atoms with van der Waals surface area (Å²) < 4.78 is 1.69.